The highest BCUT2D eigenvalue weighted by molar-refractivity contribution is 6.05. The van der Waals surface area contributed by atoms with Crippen molar-refractivity contribution in [2.75, 3.05) is 13.1 Å². The van der Waals surface area contributed by atoms with E-state index >= 15 is 0 Å². The molecule has 2 fully saturated rings. The Morgan fingerprint density at radius 2 is 2.07 bits per heavy atom. The average Bonchev–Trinajstić information content (AvgIpc) is 3.45. The molecule has 1 saturated heterocycles. The predicted molar refractivity (Wildman–Crippen MR) is 114 cm³/mol. The maximum absolute atomic E-state index is 13.5. The fourth-order valence-electron chi connectivity index (χ4n) is 4.23. The van der Waals surface area contributed by atoms with Crippen LogP contribution in [0.15, 0.2) is 15.7 Å². The maximum Gasteiger partial charge on any atom is 0.329 e. The summed E-state index contributed by atoms with van der Waals surface area (Å²) in [5, 5.41) is 0.214. The summed E-state index contributed by atoms with van der Waals surface area (Å²) in [5.41, 5.74) is 6.26. The first-order valence-corrected chi connectivity index (χ1v) is 10.1. The van der Waals surface area contributed by atoms with Gasteiger partial charge in [0.1, 0.15) is 0 Å². The molecule has 1 amide bonds. The summed E-state index contributed by atoms with van der Waals surface area (Å²) in [6.07, 6.45) is 3.62. The molecule has 0 spiro atoms. The van der Waals surface area contributed by atoms with E-state index in [1.54, 1.807) is 11.0 Å². The number of hydrogen-bond acceptors (Lipinski definition) is 5. The molecule has 2 aliphatic rings. The zero-order valence-corrected chi connectivity index (χ0v) is 17.6. The molecule has 29 heavy (non-hydrogen) atoms. The number of likely N-dealkylation sites (tertiary alicyclic amines) is 1. The van der Waals surface area contributed by atoms with Gasteiger partial charge in [-0.15, -0.1) is 12.4 Å². The number of nitrogens with two attached hydrogens (primary N) is 1. The Hall–Kier alpha value is -2.19. The quantitative estimate of drug-likeness (QED) is 0.761. The van der Waals surface area contributed by atoms with E-state index in [9.17, 15) is 14.4 Å². The van der Waals surface area contributed by atoms with Gasteiger partial charge in [0.05, 0.1) is 10.9 Å². The van der Waals surface area contributed by atoms with Crippen LogP contribution in [0.1, 0.15) is 61.5 Å². The lowest BCUT2D eigenvalue weighted by Crippen LogP contribution is -2.37. The molecule has 0 bridgehead atoms. The van der Waals surface area contributed by atoms with E-state index in [-0.39, 0.29) is 35.7 Å². The molecule has 3 heterocycles. The second-order valence-electron chi connectivity index (χ2n) is 8.12. The highest BCUT2D eigenvalue weighted by atomic mass is 35.5. The lowest BCUT2D eigenvalue weighted by Gasteiger charge is -2.23. The summed E-state index contributed by atoms with van der Waals surface area (Å²) in [4.78, 5) is 47.3. The van der Waals surface area contributed by atoms with Crippen LogP contribution in [0.3, 0.4) is 0 Å². The number of pyridine rings is 1. The van der Waals surface area contributed by atoms with Gasteiger partial charge in [0.25, 0.3) is 11.5 Å². The molecule has 1 saturated carbocycles. The van der Waals surface area contributed by atoms with Crippen molar-refractivity contribution in [1.29, 1.82) is 0 Å². The predicted octanol–water partition coefficient (Wildman–Crippen LogP) is 1.60. The zero-order chi connectivity index (χ0) is 20.0. The van der Waals surface area contributed by atoms with Gasteiger partial charge in [-0.05, 0) is 51.1 Å². The molecule has 1 aliphatic carbocycles. The molecule has 2 unspecified atom stereocenters. The third kappa shape index (κ3) is 3.83. The summed E-state index contributed by atoms with van der Waals surface area (Å²) < 4.78 is 1.48. The Morgan fingerprint density at radius 3 is 2.66 bits per heavy atom. The standard InChI is InChI=1S/C20H27N5O3.ClH/c1-3-6-24-17-16(18(26)23-20(24)28)14(8-15(22-17)13-4-5-13)19(27)25-10-12(9-21)7-11(25)2;/h8,11-13H,3-7,9-10,21H2,1-2H3,(H,23,26,28);1H. The monoisotopic (exact) mass is 421 g/mol. The van der Waals surface area contributed by atoms with Crippen molar-refractivity contribution in [3.8, 4) is 0 Å². The lowest BCUT2D eigenvalue weighted by atomic mass is 10.1. The van der Waals surface area contributed by atoms with Gasteiger partial charge in [-0.3, -0.25) is 19.1 Å². The van der Waals surface area contributed by atoms with Crippen molar-refractivity contribution in [1.82, 2.24) is 19.4 Å². The van der Waals surface area contributed by atoms with Crippen molar-refractivity contribution in [2.24, 2.45) is 11.7 Å². The molecule has 158 valence electrons. The van der Waals surface area contributed by atoms with Crippen molar-refractivity contribution in [2.45, 2.75) is 58.0 Å². The summed E-state index contributed by atoms with van der Waals surface area (Å²) in [6, 6.07) is 1.83. The highest BCUT2D eigenvalue weighted by Crippen LogP contribution is 2.40. The van der Waals surface area contributed by atoms with Crippen molar-refractivity contribution < 1.29 is 4.79 Å². The molecule has 2 aromatic rings. The topological polar surface area (TPSA) is 114 Å². The van der Waals surface area contributed by atoms with Gasteiger partial charge in [-0.1, -0.05) is 6.92 Å². The molecule has 1 aliphatic heterocycles. The summed E-state index contributed by atoms with van der Waals surface area (Å²) in [7, 11) is 0. The summed E-state index contributed by atoms with van der Waals surface area (Å²) in [5.74, 6) is 0.393. The number of rotatable bonds is 5. The number of H-pyrrole nitrogens is 1. The lowest BCUT2D eigenvalue weighted by molar-refractivity contribution is 0.0745. The zero-order valence-electron chi connectivity index (χ0n) is 16.8. The van der Waals surface area contributed by atoms with Gasteiger partial charge >= 0.3 is 5.69 Å². The third-order valence-electron chi connectivity index (χ3n) is 5.90. The van der Waals surface area contributed by atoms with E-state index in [2.05, 4.69) is 9.97 Å². The van der Waals surface area contributed by atoms with Gasteiger partial charge in [0, 0.05) is 30.7 Å². The fraction of sp³-hybridized carbons (Fsp3) is 0.600. The largest absolute Gasteiger partial charge is 0.336 e. The van der Waals surface area contributed by atoms with Crippen LogP contribution in [0.25, 0.3) is 11.0 Å². The number of fused-ring (bicyclic) bond motifs is 1. The van der Waals surface area contributed by atoms with E-state index in [0.29, 0.717) is 36.8 Å². The van der Waals surface area contributed by atoms with Crippen LogP contribution in [0.4, 0.5) is 0 Å². The van der Waals surface area contributed by atoms with Crippen LogP contribution in [0.5, 0.6) is 0 Å². The molecule has 4 rings (SSSR count). The van der Waals surface area contributed by atoms with E-state index in [4.69, 9.17) is 5.73 Å². The number of aromatic nitrogens is 3. The second-order valence-corrected chi connectivity index (χ2v) is 8.12. The molecular formula is C20H28ClN5O3. The van der Waals surface area contributed by atoms with Gasteiger partial charge in [-0.2, -0.15) is 0 Å². The van der Waals surface area contributed by atoms with Gasteiger partial charge < -0.3 is 10.6 Å². The average molecular weight is 422 g/mol. The van der Waals surface area contributed by atoms with E-state index < -0.39 is 11.2 Å². The minimum Gasteiger partial charge on any atom is -0.336 e. The Bertz CT molecular complexity index is 1040. The Labute approximate surface area is 174 Å². The first-order chi connectivity index (χ1) is 13.4. The third-order valence-corrected chi connectivity index (χ3v) is 5.90. The minimum atomic E-state index is -0.548. The molecule has 8 nitrogen and oxygen atoms in total. The first-order valence-electron chi connectivity index (χ1n) is 10.1. The van der Waals surface area contributed by atoms with Gasteiger partial charge in [0.15, 0.2) is 5.65 Å². The van der Waals surface area contributed by atoms with Crippen molar-refractivity contribution >= 4 is 29.3 Å². The molecule has 9 heteroatoms. The van der Waals surface area contributed by atoms with Crippen molar-refractivity contribution in [3.63, 3.8) is 0 Å². The molecular weight excluding hydrogens is 394 g/mol. The van der Waals surface area contributed by atoms with Crippen LogP contribution in [-0.4, -0.2) is 44.5 Å². The van der Waals surface area contributed by atoms with Crippen LogP contribution < -0.4 is 17.0 Å². The number of hydrogen-bond donors (Lipinski definition) is 2. The number of carbonyl (C=O) groups excluding carboxylic acids is 1. The molecule has 0 aromatic carbocycles. The van der Waals surface area contributed by atoms with Crippen LogP contribution in [-0.2, 0) is 6.54 Å². The summed E-state index contributed by atoms with van der Waals surface area (Å²) in [6.45, 7) is 5.53. The minimum absolute atomic E-state index is 0. The molecule has 0 radical (unpaired) electrons. The number of nitrogens with zero attached hydrogens (tertiary/aromatic N) is 3. The number of aromatic amines is 1. The Morgan fingerprint density at radius 1 is 1.34 bits per heavy atom. The normalized spacial score (nSPS) is 21.4. The maximum atomic E-state index is 13.5. The second kappa shape index (κ2) is 8.28. The number of amides is 1. The number of aryl methyl sites for hydroxylation is 1. The van der Waals surface area contributed by atoms with E-state index in [0.717, 1.165) is 31.4 Å². The number of halogens is 1. The van der Waals surface area contributed by atoms with Crippen LogP contribution in [0, 0.1) is 5.92 Å². The van der Waals surface area contributed by atoms with Gasteiger partial charge in [-0.25, -0.2) is 9.78 Å². The van der Waals surface area contributed by atoms with Crippen molar-refractivity contribution in [3.05, 3.63) is 38.2 Å². The molecule has 3 N–H and O–H groups in total. The highest BCUT2D eigenvalue weighted by Gasteiger charge is 2.35. The van der Waals surface area contributed by atoms with Gasteiger partial charge in [0.2, 0.25) is 0 Å². The van der Waals surface area contributed by atoms with E-state index in [1.165, 1.54) is 4.57 Å². The SMILES string of the molecule is CCCn1c(=O)[nH]c(=O)c2c(C(=O)N3CC(CN)CC3C)cc(C3CC3)nc21.Cl. The Balaban J connectivity index is 0.00000240. The summed E-state index contributed by atoms with van der Waals surface area (Å²) >= 11 is 0. The fourth-order valence-corrected chi connectivity index (χ4v) is 4.23. The van der Waals surface area contributed by atoms with Crippen LogP contribution >= 0.6 is 12.4 Å². The molecule has 2 aromatic heterocycles. The van der Waals surface area contributed by atoms with Crippen LogP contribution in [0.2, 0.25) is 0 Å². The first kappa shape index (κ1) is 21.5. The number of nitrogens with one attached hydrogen (secondary N) is 1. The Kier molecular flexibility index (Phi) is 6.14. The molecule has 2 atom stereocenters. The number of carbonyl (C=O) groups is 1. The van der Waals surface area contributed by atoms with E-state index in [1.807, 2.05) is 13.8 Å². The smallest absolute Gasteiger partial charge is 0.329 e.